The Morgan fingerprint density at radius 1 is 1.00 bits per heavy atom. The first kappa shape index (κ1) is 24.1. The molecule has 0 saturated carbocycles. The number of hydrogen-bond donors (Lipinski definition) is 3. The zero-order valence-electron chi connectivity index (χ0n) is 19.4. The van der Waals surface area contributed by atoms with Crippen molar-refractivity contribution in [3.05, 3.63) is 65.0 Å². The molecule has 172 valence electrons. The quantitative estimate of drug-likeness (QED) is 0.464. The summed E-state index contributed by atoms with van der Waals surface area (Å²) in [5, 5.41) is 10.9. The molecule has 0 aliphatic heterocycles. The summed E-state index contributed by atoms with van der Waals surface area (Å²) in [7, 11) is 0. The minimum Gasteiger partial charge on any atom is -0.350 e. The number of amides is 3. The third kappa shape index (κ3) is 6.49. The molecule has 3 aromatic rings. The van der Waals surface area contributed by atoms with E-state index in [1.807, 2.05) is 57.3 Å². The Morgan fingerprint density at radius 2 is 1.70 bits per heavy atom. The van der Waals surface area contributed by atoms with Gasteiger partial charge < -0.3 is 10.6 Å². The molecular weight excluding hydrogens is 436 g/mol. The minimum absolute atomic E-state index is 0.0754. The van der Waals surface area contributed by atoms with Crippen LogP contribution in [0.15, 0.2) is 53.9 Å². The summed E-state index contributed by atoms with van der Waals surface area (Å²) in [6, 6.07) is 14.5. The molecule has 0 aliphatic rings. The summed E-state index contributed by atoms with van der Waals surface area (Å²) in [5.41, 5.74) is 3.12. The van der Waals surface area contributed by atoms with Crippen LogP contribution < -0.4 is 16.0 Å². The van der Waals surface area contributed by atoms with Gasteiger partial charge in [-0.3, -0.25) is 19.7 Å². The van der Waals surface area contributed by atoms with Gasteiger partial charge in [0.15, 0.2) is 5.13 Å². The monoisotopic (exact) mass is 464 g/mol. The van der Waals surface area contributed by atoms with Crippen LogP contribution in [0.25, 0.3) is 11.3 Å². The number of hydrogen-bond acceptors (Lipinski definition) is 5. The molecule has 33 heavy (non-hydrogen) atoms. The van der Waals surface area contributed by atoms with Gasteiger partial charge in [0.1, 0.15) is 0 Å². The molecule has 3 rings (SSSR count). The number of benzene rings is 2. The highest BCUT2D eigenvalue weighted by atomic mass is 32.1. The summed E-state index contributed by atoms with van der Waals surface area (Å²) in [5.74, 6) is -0.502. The topological polar surface area (TPSA) is 100 Å². The van der Waals surface area contributed by atoms with Crippen LogP contribution >= 0.6 is 11.3 Å². The number of carbonyl (C=O) groups is 3. The van der Waals surface area contributed by atoms with Crippen LogP contribution in [0, 0.1) is 5.41 Å². The normalized spacial score (nSPS) is 12.0. The van der Waals surface area contributed by atoms with Gasteiger partial charge in [-0.05, 0) is 30.7 Å². The van der Waals surface area contributed by atoms with Crippen LogP contribution in [0.3, 0.4) is 0 Å². The summed E-state index contributed by atoms with van der Waals surface area (Å²) in [6.45, 7) is 8.91. The van der Waals surface area contributed by atoms with E-state index in [2.05, 4.69) is 20.9 Å². The Bertz CT molecular complexity index is 1160. The van der Waals surface area contributed by atoms with Gasteiger partial charge in [-0.1, -0.05) is 51.1 Å². The van der Waals surface area contributed by atoms with Crippen molar-refractivity contribution in [1.82, 2.24) is 10.3 Å². The Balaban J connectivity index is 1.67. The number of nitrogens with zero attached hydrogens (tertiary/aromatic N) is 1. The molecule has 1 atom stereocenters. The number of aromatic nitrogens is 1. The molecule has 0 aliphatic carbocycles. The maximum absolute atomic E-state index is 12.7. The van der Waals surface area contributed by atoms with Crippen LogP contribution in [0.1, 0.15) is 56.6 Å². The molecule has 0 fully saturated rings. The molecule has 0 saturated heterocycles. The highest BCUT2D eigenvalue weighted by Gasteiger charge is 2.21. The van der Waals surface area contributed by atoms with E-state index in [1.54, 1.807) is 24.3 Å². The minimum atomic E-state index is -0.532. The Morgan fingerprint density at radius 3 is 2.33 bits per heavy atom. The van der Waals surface area contributed by atoms with E-state index in [0.29, 0.717) is 16.4 Å². The van der Waals surface area contributed by atoms with Crippen LogP contribution in [0.5, 0.6) is 0 Å². The second-order valence-electron chi connectivity index (χ2n) is 8.82. The van der Waals surface area contributed by atoms with Crippen molar-refractivity contribution < 1.29 is 14.4 Å². The molecule has 0 radical (unpaired) electrons. The standard InChI is InChI=1S/C25H28N4O3S/c1-15(26-16(2)30)17-9-11-18(12-10-17)21-14-33-24(28-21)29-22(31)19-7-6-8-20(13-19)27-23(32)25(3,4)5/h6-15H,1-5H3,(H,26,30)(H,27,32)(H,28,29,31). The van der Waals surface area contributed by atoms with E-state index < -0.39 is 5.41 Å². The number of anilines is 2. The number of thiazole rings is 1. The Kier molecular flexibility index (Phi) is 7.28. The molecule has 1 aromatic heterocycles. The van der Waals surface area contributed by atoms with Crippen molar-refractivity contribution in [2.75, 3.05) is 10.6 Å². The van der Waals surface area contributed by atoms with E-state index in [4.69, 9.17) is 0 Å². The lowest BCUT2D eigenvalue weighted by molar-refractivity contribution is -0.123. The largest absolute Gasteiger partial charge is 0.350 e. The summed E-state index contributed by atoms with van der Waals surface area (Å²) < 4.78 is 0. The smallest absolute Gasteiger partial charge is 0.257 e. The maximum atomic E-state index is 12.7. The lowest BCUT2D eigenvalue weighted by Crippen LogP contribution is -2.27. The molecule has 8 heteroatoms. The van der Waals surface area contributed by atoms with Crippen molar-refractivity contribution in [3.63, 3.8) is 0 Å². The van der Waals surface area contributed by atoms with Gasteiger partial charge >= 0.3 is 0 Å². The molecule has 3 amide bonds. The van der Waals surface area contributed by atoms with Crippen LogP contribution in [-0.2, 0) is 9.59 Å². The Labute approximate surface area is 197 Å². The second-order valence-corrected chi connectivity index (χ2v) is 9.68. The van der Waals surface area contributed by atoms with Gasteiger partial charge in [0.05, 0.1) is 11.7 Å². The summed E-state index contributed by atoms with van der Waals surface area (Å²) in [6.07, 6.45) is 0. The molecule has 1 heterocycles. The highest BCUT2D eigenvalue weighted by molar-refractivity contribution is 7.14. The molecule has 0 spiro atoms. The SMILES string of the molecule is CC(=O)NC(C)c1ccc(-c2csc(NC(=O)c3cccc(NC(=O)C(C)(C)C)c3)n2)cc1. The lowest BCUT2D eigenvalue weighted by atomic mass is 9.95. The van der Waals surface area contributed by atoms with Crippen molar-refractivity contribution in [2.45, 2.75) is 40.7 Å². The summed E-state index contributed by atoms with van der Waals surface area (Å²) >= 11 is 1.33. The third-order valence-electron chi connectivity index (χ3n) is 4.91. The Hall–Kier alpha value is -3.52. The van der Waals surface area contributed by atoms with E-state index >= 15 is 0 Å². The van der Waals surface area contributed by atoms with E-state index in [9.17, 15) is 14.4 Å². The number of nitrogens with one attached hydrogen (secondary N) is 3. The molecule has 1 unspecified atom stereocenters. The van der Waals surface area contributed by atoms with Gasteiger partial charge in [-0.15, -0.1) is 11.3 Å². The number of rotatable bonds is 6. The maximum Gasteiger partial charge on any atom is 0.257 e. The molecule has 7 nitrogen and oxygen atoms in total. The summed E-state index contributed by atoms with van der Waals surface area (Å²) in [4.78, 5) is 40.7. The van der Waals surface area contributed by atoms with Gasteiger partial charge in [-0.2, -0.15) is 0 Å². The van der Waals surface area contributed by atoms with E-state index in [0.717, 1.165) is 16.8 Å². The predicted molar refractivity (Wildman–Crippen MR) is 132 cm³/mol. The van der Waals surface area contributed by atoms with Gasteiger partial charge in [0.2, 0.25) is 11.8 Å². The molecule has 0 bridgehead atoms. The van der Waals surface area contributed by atoms with Crippen molar-refractivity contribution in [3.8, 4) is 11.3 Å². The average Bonchev–Trinajstić information content (AvgIpc) is 3.21. The number of carbonyl (C=O) groups excluding carboxylic acids is 3. The van der Waals surface area contributed by atoms with Gasteiger partial charge in [-0.25, -0.2) is 4.98 Å². The first-order valence-corrected chi connectivity index (χ1v) is 11.5. The molecule has 3 N–H and O–H groups in total. The van der Waals surface area contributed by atoms with Crippen molar-refractivity contribution >= 4 is 39.9 Å². The zero-order valence-corrected chi connectivity index (χ0v) is 20.2. The molecular formula is C25H28N4O3S. The zero-order chi connectivity index (χ0) is 24.2. The fourth-order valence-electron chi connectivity index (χ4n) is 3.02. The predicted octanol–water partition coefficient (Wildman–Crippen LogP) is 5.24. The molecule has 2 aromatic carbocycles. The van der Waals surface area contributed by atoms with Crippen LogP contribution in [-0.4, -0.2) is 22.7 Å². The van der Waals surface area contributed by atoms with Crippen LogP contribution in [0.2, 0.25) is 0 Å². The second kappa shape index (κ2) is 9.95. The fourth-order valence-corrected chi connectivity index (χ4v) is 3.74. The van der Waals surface area contributed by atoms with Gasteiger partial charge in [0.25, 0.3) is 5.91 Å². The van der Waals surface area contributed by atoms with Crippen molar-refractivity contribution in [1.29, 1.82) is 0 Å². The fraction of sp³-hybridized carbons (Fsp3) is 0.280. The average molecular weight is 465 g/mol. The first-order valence-electron chi connectivity index (χ1n) is 10.6. The third-order valence-corrected chi connectivity index (χ3v) is 5.67. The van der Waals surface area contributed by atoms with E-state index in [1.165, 1.54) is 18.3 Å². The van der Waals surface area contributed by atoms with Gasteiger partial charge in [0, 0.05) is 34.5 Å². The van der Waals surface area contributed by atoms with E-state index in [-0.39, 0.29) is 23.8 Å². The van der Waals surface area contributed by atoms with Crippen LogP contribution in [0.4, 0.5) is 10.8 Å². The van der Waals surface area contributed by atoms with Crippen molar-refractivity contribution in [2.24, 2.45) is 5.41 Å². The lowest BCUT2D eigenvalue weighted by Gasteiger charge is -2.17. The highest BCUT2D eigenvalue weighted by Crippen LogP contribution is 2.27. The first-order chi connectivity index (χ1) is 15.5.